The summed E-state index contributed by atoms with van der Waals surface area (Å²) in [6.07, 6.45) is -1.17. The van der Waals surface area contributed by atoms with Gasteiger partial charge in [-0.1, -0.05) is 23.8 Å². The van der Waals surface area contributed by atoms with Gasteiger partial charge in [-0.25, -0.2) is 13.1 Å². The Hall–Kier alpha value is -2.23. The third-order valence-corrected chi connectivity index (χ3v) is 6.84. The highest BCUT2D eigenvalue weighted by Crippen LogP contribution is 2.22. The standard InChI is InChI=1S/C19H24N2O5S2/c1-12-10-13(2)18(14(3)11-12)21-19(23)15(4)26-16(22)7-8-20-28(24,25)17-6-5-9-27-17/h5-6,9-11,15,20H,7-8H2,1-4H3,(H,21,23). The molecule has 0 bridgehead atoms. The number of aryl methyl sites for hydroxylation is 3. The van der Waals surface area contributed by atoms with Gasteiger partial charge in [0.1, 0.15) is 4.21 Å². The summed E-state index contributed by atoms with van der Waals surface area (Å²) in [6, 6.07) is 7.02. The van der Waals surface area contributed by atoms with Gasteiger partial charge in [0.2, 0.25) is 10.0 Å². The van der Waals surface area contributed by atoms with Crippen molar-refractivity contribution in [2.75, 3.05) is 11.9 Å². The van der Waals surface area contributed by atoms with Crippen molar-refractivity contribution in [3.63, 3.8) is 0 Å². The number of hydrogen-bond acceptors (Lipinski definition) is 6. The minimum absolute atomic E-state index is 0.108. The van der Waals surface area contributed by atoms with E-state index in [0.717, 1.165) is 28.0 Å². The summed E-state index contributed by atoms with van der Waals surface area (Å²) in [5.41, 5.74) is 3.64. The van der Waals surface area contributed by atoms with Gasteiger partial charge in [0.15, 0.2) is 6.10 Å². The summed E-state index contributed by atoms with van der Waals surface area (Å²) in [7, 11) is -3.63. The predicted octanol–water partition coefficient (Wildman–Crippen LogP) is 2.91. The van der Waals surface area contributed by atoms with Crippen LogP contribution in [0.25, 0.3) is 0 Å². The van der Waals surface area contributed by atoms with Crippen LogP contribution in [0.5, 0.6) is 0 Å². The molecule has 7 nitrogen and oxygen atoms in total. The van der Waals surface area contributed by atoms with E-state index < -0.39 is 28.0 Å². The van der Waals surface area contributed by atoms with Gasteiger partial charge >= 0.3 is 5.97 Å². The lowest BCUT2D eigenvalue weighted by Crippen LogP contribution is -2.32. The number of benzene rings is 1. The van der Waals surface area contributed by atoms with E-state index in [1.165, 1.54) is 13.0 Å². The van der Waals surface area contributed by atoms with E-state index in [-0.39, 0.29) is 17.2 Å². The minimum Gasteiger partial charge on any atom is -0.452 e. The third-order valence-electron chi connectivity index (χ3n) is 3.98. The molecule has 1 amide bonds. The fourth-order valence-electron chi connectivity index (χ4n) is 2.69. The van der Waals surface area contributed by atoms with Gasteiger partial charge in [-0.3, -0.25) is 9.59 Å². The number of hydrogen-bond donors (Lipinski definition) is 2. The van der Waals surface area contributed by atoms with Crippen LogP contribution in [-0.4, -0.2) is 32.9 Å². The molecule has 0 radical (unpaired) electrons. The molecule has 2 N–H and O–H groups in total. The Labute approximate surface area is 169 Å². The van der Waals surface area contributed by atoms with Crippen LogP contribution < -0.4 is 10.0 Å². The molecule has 0 saturated carbocycles. The number of ether oxygens (including phenoxy) is 1. The molecule has 2 rings (SSSR count). The number of carbonyl (C=O) groups excluding carboxylic acids is 2. The van der Waals surface area contributed by atoms with Crippen molar-refractivity contribution in [1.82, 2.24) is 4.72 Å². The largest absolute Gasteiger partial charge is 0.452 e. The SMILES string of the molecule is Cc1cc(C)c(NC(=O)C(C)OC(=O)CCNS(=O)(=O)c2cccs2)c(C)c1. The van der Waals surface area contributed by atoms with Gasteiger partial charge in [0.25, 0.3) is 5.91 Å². The average molecular weight is 425 g/mol. The van der Waals surface area contributed by atoms with Crippen molar-refractivity contribution < 1.29 is 22.7 Å². The first-order valence-corrected chi connectivity index (χ1v) is 11.1. The van der Waals surface area contributed by atoms with Gasteiger partial charge in [-0.05, 0) is 50.3 Å². The topological polar surface area (TPSA) is 102 Å². The zero-order valence-corrected chi connectivity index (χ0v) is 17.9. The molecule has 0 spiro atoms. The number of esters is 1. The molecule has 1 aromatic heterocycles. The van der Waals surface area contributed by atoms with Gasteiger partial charge in [0.05, 0.1) is 6.42 Å². The maximum atomic E-state index is 12.3. The van der Waals surface area contributed by atoms with Crippen molar-refractivity contribution in [1.29, 1.82) is 0 Å². The number of rotatable bonds is 8. The third kappa shape index (κ3) is 5.88. The maximum Gasteiger partial charge on any atom is 0.307 e. The molecule has 0 aliphatic rings. The van der Waals surface area contributed by atoms with Crippen molar-refractivity contribution in [2.24, 2.45) is 0 Å². The lowest BCUT2D eigenvalue weighted by molar-refractivity contribution is -0.152. The Bertz CT molecular complexity index is 930. The van der Waals surface area contributed by atoms with Gasteiger partial charge in [0, 0.05) is 12.2 Å². The first-order valence-electron chi connectivity index (χ1n) is 8.71. The fourth-order valence-corrected chi connectivity index (χ4v) is 4.76. The molecule has 1 atom stereocenters. The molecule has 0 saturated heterocycles. The number of sulfonamides is 1. The van der Waals surface area contributed by atoms with Crippen molar-refractivity contribution in [2.45, 2.75) is 44.4 Å². The Kier molecular flexibility index (Phi) is 7.34. The van der Waals surface area contributed by atoms with Crippen molar-refractivity contribution in [3.8, 4) is 0 Å². The first kappa shape index (κ1) is 22.1. The molecular formula is C19H24N2O5S2. The number of carbonyl (C=O) groups is 2. The van der Waals surface area contributed by atoms with Crippen LogP contribution in [0, 0.1) is 20.8 Å². The normalized spacial score (nSPS) is 12.4. The highest BCUT2D eigenvalue weighted by molar-refractivity contribution is 7.91. The molecule has 152 valence electrons. The molecule has 9 heteroatoms. The molecule has 1 unspecified atom stereocenters. The first-order chi connectivity index (χ1) is 13.1. The molecule has 0 aliphatic carbocycles. The summed E-state index contributed by atoms with van der Waals surface area (Å²) in [4.78, 5) is 24.3. The highest BCUT2D eigenvalue weighted by Gasteiger charge is 2.20. The summed E-state index contributed by atoms with van der Waals surface area (Å²) < 4.78 is 31.6. The summed E-state index contributed by atoms with van der Waals surface area (Å²) in [5.74, 6) is -1.10. The predicted molar refractivity (Wildman–Crippen MR) is 109 cm³/mol. The van der Waals surface area contributed by atoms with Gasteiger partial charge in [-0.15, -0.1) is 11.3 Å². The molecule has 28 heavy (non-hydrogen) atoms. The Morgan fingerprint density at radius 3 is 2.39 bits per heavy atom. The van der Waals surface area contributed by atoms with Gasteiger partial charge in [-0.2, -0.15) is 0 Å². The number of anilines is 1. The van der Waals surface area contributed by atoms with Crippen LogP contribution in [0.2, 0.25) is 0 Å². The summed E-state index contributed by atoms with van der Waals surface area (Å²) in [6.45, 7) is 7.13. The number of thiophene rings is 1. The van der Waals surface area contributed by atoms with E-state index in [0.29, 0.717) is 5.69 Å². The highest BCUT2D eigenvalue weighted by atomic mass is 32.2. The smallest absolute Gasteiger partial charge is 0.307 e. The number of nitrogens with one attached hydrogen (secondary N) is 2. The second-order valence-electron chi connectivity index (χ2n) is 6.47. The van der Waals surface area contributed by atoms with E-state index in [1.54, 1.807) is 11.4 Å². The Balaban J connectivity index is 1.84. The second-order valence-corrected chi connectivity index (χ2v) is 9.42. The Morgan fingerprint density at radius 2 is 1.82 bits per heavy atom. The van der Waals surface area contributed by atoms with Crippen LogP contribution in [0.15, 0.2) is 33.9 Å². The lowest BCUT2D eigenvalue weighted by atomic mass is 10.0. The van der Waals surface area contributed by atoms with Gasteiger partial charge < -0.3 is 10.1 Å². The molecular weight excluding hydrogens is 400 g/mol. The molecule has 0 fully saturated rings. The average Bonchev–Trinajstić information content (AvgIpc) is 3.13. The minimum atomic E-state index is -3.63. The molecule has 0 aliphatic heterocycles. The zero-order valence-electron chi connectivity index (χ0n) is 16.2. The molecule has 2 aromatic rings. The van der Waals surface area contributed by atoms with E-state index in [1.807, 2.05) is 32.9 Å². The number of amides is 1. The summed E-state index contributed by atoms with van der Waals surface area (Å²) >= 11 is 1.09. The maximum absolute atomic E-state index is 12.3. The lowest BCUT2D eigenvalue weighted by Gasteiger charge is -2.17. The van der Waals surface area contributed by atoms with E-state index in [2.05, 4.69) is 10.0 Å². The monoisotopic (exact) mass is 424 g/mol. The van der Waals surface area contributed by atoms with Crippen LogP contribution in [-0.2, 0) is 24.3 Å². The van der Waals surface area contributed by atoms with Crippen molar-refractivity contribution >= 4 is 38.9 Å². The van der Waals surface area contributed by atoms with E-state index in [9.17, 15) is 18.0 Å². The van der Waals surface area contributed by atoms with Crippen LogP contribution in [0.4, 0.5) is 5.69 Å². The summed E-state index contributed by atoms with van der Waals surface area (Å²) in [5, 5.41) is 4.44. The quantitative estimate of drug-likeness (QED) is 0.635. The second kappa shape index (κ2) is 9.31. The van der Waals surface area contributed by atoms with Crippen LogP contribution in [0.1, 0.15) is 30.0 Å². The van der Waals surface area contributed by atoms with Crippen LogP contribution in [0.3, 0.4) is 0 Å². The molecule has 1 aromatic carbocycles. The fraction of sp³-hybridized carbons (Fsp3) is 0.368. The zero-order chi connectivity index (χ0) is 20.9. The van der Waals surface area contributed by atoms with E-state index >= 15 is 0 Å². The van der Waals surface area contributed by atoms with Crippen molar-refractivity contribution in [3.05, 3.63) is 46.3 Å². The Morgan fingerprint density at radius 1 is 1.18 bits per heavy atom. The van der Waals surface area contributed by atoms with E-state index in [4.69, 9.17) is 4.74 Å². The van der Waals surface area contributed by atoms with Crippen LogP contribution >= 0.6 is 11.3 Å². The molecule has 1 heterocycles.